The molecule has 0 unspecified atom stereocenters. The highest BCUT2D eigenvalue weighted by atomic mass is 16.5. The number of H-pyrrole nitrogens is 1. The Morgan fingerprint density at radius 3 is 2.38 bits per heavy atom. The summed E-state index contributed by atoms with van der Waals surface area (Å²) >= 11 is 0. The molecule has 6 nitrogen and oxygen atoms in total. The molecule has 1 heterocycles. The lowest BCUT2D eigenvalue weighted by Gasteiger charge is -2.15. The van der Waals surface area contributed by atoms with Crippen LogP contribution in [0.3, 0.4) is 0 Å². The maximum absolute atomic E-state index is 10.9. The number of aliphatic carboxylic acids is 1. The molecule has 34 heavy (non-hydrogen) atoms. The Balaban J connectivity index is 1.28. The van der Waals surface area contributed by atoms with Crippen molar-refractivity contribution in [1.82, 2.24) is 9.97 Å². The van der Waals surface area contributed by atoms with E-state index in [2.05, 4.69) is 41.4 Å². The number of benzene rings is 3. The second-order valence-electron chi connectivity index (χ2n) is 8.58. The van der Waals surface area contributed by atoms with Crippen molar-refractivity contribution in [1.29, 1.82) is 0 Å². The molecule has 6 heteroatoms. The highest BCUT2D eigenvalue weighted by Gasteiger charge is 2.28. The summed E-state index contributed by atoms with van der Waals surface area (Å²) in [5.74, 6) is 1.57. The topological polar surface area (TPSA) is 84.4 Å². The zero-order chi connectivity index (χ0) is 23.5. The van der Waals surface area contributed by atoms with E-state index in [1.165, 1.54) is 11.1 Å². The minimum atomic E-state index is -0.990. The fourth-order valence-corrected chi connectivity index (χ4v) is 4.00. The molecule has 1 aliphatic rings. The van der Waals surface area contributed by atoms with Crippen molar-refractivity contribution in [2.75, 3.05) is 6.61 Å². The van der Waals surface area contributed by atoms with Gasteiger partial charge in [-0.2, -0.15) is 0 Å². The number of aromatic nitrogens is 2. The molecule has 0 saturated heterocycles. The van der Waals surface area contributed by atoms with Crippen LogP contribution in [0.2, 0.25) is 0 Å². The Bertz CT molecular complexity index is 1290. The molecule has 0 atom stereocenters. The van der Waals surface area contributed by atoms with Gasteiger partial charge in [0.15, 0.2) is 6.61 Å². The molecule has 3 aromatic carbocycles. The third-order valence-corrected chi connectivity index (χ3v) is 5.96. The summed E-state index contributed by atoms with van der Waals surface area (Å²) in [6.07, 6.45) is 4.09. The number of aromatic amines is 1. The van der Waals surface area contributed by atoms with Gasteiger partial charge < -0.3 is 19.6 Å². The van der Waals surface area contributed by atoms with Gasteiger partial charge in [0.25, 0.3) is 0 Å². The number of hydrogen-bond donors (Lipinski definition) is 2. The molecule has 4 aromatic rings. The van der Waals surface area contributed by atoms with Crippen molar-refractivity contribution in [3.05, 3.63) is 89.9 Å². The molecule has 0 amide bonds. The largest absolute Gasteiger partial charge is 0.485 e. The van der Waals surface area contributed by atoms with Crippen LogP contribution >= 0.6 is 0 Å². The number of rotatable bonds is 9. The number of aryl methyl sites for hydroxylation is 1. The van der Waals surface area contributed by atoms with Crippen molar-refractivity contribution in [2.45, 2.75) is 32.3 Å². The first-order valence-electron chi connectivity index (χ1n) is 11.4. The number of hydrogen-bond acceptors (Lipinski definition) is 4. The van der Waals surface area contributed by atoms with Gasteiger partial charge in [0.1, 0.15) is 23.9 Å². The molecule has 0 radical (unpaired) electrons. The number of carboxylic acid groups (broad SMARTS) is 1. The summed E-state index contributed by atoms with van der Waals surface area (Å²) in [6.45, 7) is 1.86. The summed E-state index contributed by atoms with van der Waals surface area (Å²) in [6, 6.07) is 22.5. The number of nitrogens with one attached hydrogen (secondary N) is 1. The van der Waals surface area contributed by atoms with Crippen LogP contribution in [0, 0.1) is 6.92 Å². The lowest BCUT2D eigenvalue weighted by Crippen LogP contribution is -2.10. The Kier molecular flexibility index (Phi) is 6.04. The molecule has 1 saturated carbocycles. The molecule has 2 N–H and O–H groups in total. The lowest BCUT2D eigenvalue weighted by molar-refractivity contribution is -0.139. The van der Waals surface area contributed by atoms with Crippen LogP contribution in [0.5, 0.6) is 11.5 Å². The van der Waals surface area contributed by atoms with Crippen LogP contribution in [0.4, 0.5) is 0 Å². The van der Waals surface area contributed by atoms with E-state index in [1.54, 1.807) is 0 Å². The Hall–Kier alpha value is -4.06. The fourth-order valence-electron chi connectivity index (χ4n) is 4.00. The van der Waals surface area contributed by atoms with Crippen molar-refractivity contribution in [3.8, 4) is 33.9 Å². The molecule has 1 aromatic heterocycles. The average Bonchev–Trinajstić information content (AvgIpc) is 3.59. The second kappa shape index (κ2) is 9.43. The molecule has 1 aliphatic carbocycles. The van der Waals surface area contributed by atoms with Crippen molar-refractivity contribution >= 4 is 5.97 Å². The summed E-state index contributed by atoms with van der Waals surface area (Å²) in [5, 5.41) is 8.91. The van der Waals surface area contributed by atoms with Gasteiger partial charge in [-0.3, -0.25) is 0 Å². The molecule has 1 fully saturated rings. The standard InChI is InChI=1S/C28H26N2O4/c1-18-13-26(23(21-9-10-21)14-25(18)34-17-28(31)32)33-16-27-29-15-24(30-27)22-11-7-20(8-12-22)19-5-3-2-4-6-19/h2-8,11-15,21H,9-10,16-17H2,1H3,(H,29,30)(H,31,32). The third-order valence-electron chi connectivity index (χ3n) is 5.96. The quantitative estimate of drug-likeness (QED) is 0.325. The number of imidazole rings is 1. The monoisotopic (exact) mass is 454 g/mol. The van der Waals surface area contributed by atoms with Gasteiger partial charge in [0, 0.05) is 17.3 Å². The van der Waals surface area contributed by atoms with Gasteiger partial charge >= 0.3 is 5.97 Å². The normalized spacial score (nSPS) is 13.0. The van der Waals surface area contributed by atoms with E-state index in [0.29, 0.717) is 18.3 Å². The predicted molar refractivity (Wildman–Crippen MR) is 130 cm³/mol. The van der Waals surface area contributed by atoms with Gasteiger partial charge in [-0.05, 0) is 54.5 Å². The maximum atomic E-state index is 10.9. The van der Waals surface area contributed by atoms with Gasteiger partial charge in [-0.15, -0.1) is 0 Å². The van der Waals surface area contributed by atoms with Gasteiger partial charge in [-0.25, -0.2) is 9.78 Å². The highest BCUT2D eigenvalue weighted by Crippen LogP contribution is 2.46. The number of ether oxygens (including phenoxy) is 2. The number of carboxylic acids is 1. The highest BCUT2D eigenvalue weighted by molar-refractivity contribution is 5.69. The lowest BCUT2D eigenvalue weighted by atomic mass is 10.0. The minimum Gasteiger partial charge on any atom is -0.485 e. The average molecular weight is 455 g/mol. The van der Waals surface area contributed by atoms with E-state index in [-0.39, 0.29) is 6.61 Å². The zero-order valence-corrected chi connectivity index (χ0v) is 19.0. The van der Waals surface area contributed by atoms with E-state index in [0.717, 1.165) is 46.8 Å². The van der Waals surface area contributed by atoms with Crippen LogP contribution in [-0.4, -0.2) is 27.7 Å². The van der Waals surface area contributed by atoms with Crippen molar-refractivity contribution in [2.24, 2.45) is 0 Å². The Labute approximate surface area is 198 Å². The van der Waals surface area contributed by atoms with E-state index >= 15 is 0 Å². The summed E-state index contributed by atoms with van der Waals surface area (Å²) in [5.41, 5.74) is 6.17. The van der Waals surface area contributed by atoms with Crippen molar-refractivity contribution < 1.29 is 19.4 Å². The second-order valence-corrected chi connectivity index (χ2v) is 8.58. The van der Waals surface area contributed by atoms with E-state index in [9.17, 15) is 4.79 Å². The summed E-state index contributed by atoms with van der Waals surface area (Å²) in [7, 11) is 0. The Morgan fingerprint density at radius 2 is 1.68 bits per heavy atom. The summed E-state index contributed by atoms with van der Waals surface area (Å²) in [4.78, 5) is 18.8. The number of nitrogens with zero attached hydrogens (tertiary/aromatic N) is 1. The van der Waals surface area contributed by atoms with Crippen LogP contribution < -0.4 is 9.47 Å². The van der Waals surface area contributed by atoms with Crippen LogP contribution in [0.15, 0.2) is 72.9 Å². The molecule has 0 bridgehead atoms. The third kappa shape index (κ3) is 4.96. The van der Waals surface area contributed by atoms with Crippen LogP contribution in [-0.2, 0) is 11.4 Å². The fraction of sp³-hybridized carbons (Fsp3) is 0.214. The Morgan fingerprint density at radius 1 is 0.971 bits per heavy atom. The van der Waals surface area contributed by atoms with Crippen molar-refractivity contribution in [3.63, 3.8) is 0 Å². The maximum Gasteiger partial charge on any atom is 0.341 e. The van der Waals surface area contributed by atoms with Gasteiger partial charge in [0.2, 0.25) is 0 Å². The zero-order valence-electron chi connectivity index (χ0n) is 19.0. The smallest absolute Gasteiger partial charge is 0.341 e. The minimum absolute atomic E-state index is 0.316. The number of carbonyl (C=O) groups is 1. The van der Waals surface area contributed by atoms with Crippen LogP contribution in [0.25, 0.3) is 22.4 Å². The molecule has 0 spiro atoms. The molecular weight excluding hydrogens is 428 g/mol. The van der Waals surface area contributed by atoms with Gasteiger partial charge in [0.05, 0.1) is 5.69 Å². The molecular formula is C28H26N2O4. The van der Waals surface area contributed by atoms with Crippen LogP contribution in [0.1, 0.15) is 35.7 Å². The molecule has 0 aliphatic heterocycles. The molecule has 172 valence electrons. The SMILES string of the molecule is Cc1cc(OCc2nc(-c3ccc(-c4ccccc4)cc3)c[nH]2)c(C2CC2)cc1OCC(=O)O. The molecule has 5 rings (SSSR count). The first-order chi connectivity index (χ1) is 16.6. The van der Waals surface area contributed by atoms with E-state index in [1.807, 2.05) is 43.5 Å². The predicted octanol–water partition coefficient (Wildman–Crippen LogP) is 5.97. The first kappa shape index (κ1) is 21.8. The summed E-state index contributed by atoms with van der Waals surface area (Å²) < 4.78 is 11.6. The van der Waals surface area contributed by atoms with E-state index < -0.39 is 5.97 Å². The van der Waals surface area contributed by atoms with E-state index in [4.69, 9.17) is 19.6 Å². The van der Waals surface area contributed by atoms with Gasteiger partial charge in [-0.1, -0.05) is 54.6 Å². The first-order valence-corrected chi connectivity index (χ1v) is 11.4.